The molecule has 1 heterocycles. The van der Waals surface area contributed by atoms with Gasteiger partial charge in [0.05, 0.1) is 29.1 Å². The van der Waals surface area contributed by atoms with Crippen LogP contribution in [0.4, 0.5) is 0 Å². The van der Waals surface area contributed by atoms with Crippen LogP contribution in [0.15, 0.2) is 78.1 Å². The molecule has 32 heavy (non-hydrogen) atoms. The van der Waals surface area contributed by atoms with Gasteiger partial charge in [-0.05, 0) is 46.9 Å². The molecule has 0 saturated heterocycles. The molecular weight excluding hydrogens is 394 g/mol. The summed E-state index contributed by atoms with van der Waals surface area (Å²) in [6.45, 7) is 6.41. The lowest BCUT2D eigenvalue weighted by Gasteiger charge is -2.14. The zero-order valence-corrected chi connectivity index (χ0v) is 18.2. The highest BCUT2D eigenvalue weighted by Gasteiger charge is 2.12. The first-order valence-electron chi connectivity index (χ1n) is 10.9. The van der Waals surface area contributed by atoms with Crippen LogP contribution < -0.4 is 5.56 Å². The first kappa shape index (κ1) is 21.3. The minimum absolute atomic E-state index is 0.0243. The van der Waals surface area contributed by atoms with Crippen LogP contribution in [0.1, 0.15) is 42.3 Å². The summed E-state index contributed by atoms with van der Waals surface area (Å²) in [5.41, 5.74) is 5.17. The van der Waals surface area contributed by atoms with E-state index in [1.807, 2.05) is 66.7 Å². The molecule has 0 fully saturated rings. The van der Waals surface area contributed by atoms with Gasteiger partial charge in [-0.1, -0.05) is 74.5 Å². The number of hydrogen-bond donors (Lipinski definition) is 0. The number of rotatable bonds is 7. The van der Waals surface area contributed by atoms with Crippen LogP contribution in [0.5, 0.6) is 0 Å². The van der Waals surface area contributed by atoms with Crippen molar-refractivity contribution in [3.63, 3.8) is 0 Å². The minimum Gasteiger partial charge on any atom is -0.292 e. The number of hydrogen-bond acceptors (Lipinski definition) is 3. The van der Waals surface area contributed by atoms with Gasteiger partial charge in [-0.3, -0.25) is 9.36 Å². The van der Waals surface area contributed by atoms with E-state index >= 15 is 0 Å². The van der Waals surface area contributed by atoms with Crippen molar-refractivity contribution in [3.8, 4) is 17.2 Å². The fourth-order valence-corrected chi connectivity index (χ4v) is 3.90. The van der Waals surface area contributed by atoms with Gasteiger partial charge in [-0.2, -0.15) is 5.26 Å². The van der Waals surface area contributed by atoms with Gasteiger partial charge in [-0.25, -0.2) is 4.98 Å². The highest BCUT2D eigenvalue weighted by atomic mass is 16.1. The van der Waals surface area contributed by atoms with E-state index < -0.39 is 0 Å². The topological polar surface area (TPSA) is 58.7 Å². The maximum atomic E-state index is 13.4. The highest BCUT2D eigenvalue weighted by Crippen LogP contribution is 2.24. The standard InChI is InChI=1S/C28H25N3O/c1-3-5-10-27-30-26-16-13-20(4-2)17-25(26)28(32)31(27)19-21-11-14-22(15-12-21)24-9-7-6-8-23(24)18-29/h4,6-9,11-17H,2-3,5,10,19H2,1H3. The molecule has 0 radical (unpaired) electrons. The van der Waals surface area contributed by atoms with E-state index in [0.717, 1.165) is 52.9 Å². The Morgan fingerprint density at radius 2 is 1.88 bits per heavy atom. The normalized spacial score (nSPS) is 10.8. The lowest BCUT2D eigenvalue weighted by atomic mass is 9.99. The van der Waals surface area contributed by atoms with Crippen molar-refractivity contribution >= 4 is 17.0 Å². The molecule has 0 N–H and O–H groups in total. The molecule has 4 rings (SSSR count). The summed E-state index contributed by atoms with van der Waals surface area (Å²) in [5, 5.41) is 10.00. The molecular formula is C28H25N3O. The lowest BCUT2D eigenvalue weighted by Crippen LogP contribution is -2.26. The predicted molar refractivity (Wildman–Crippen MR) is 130 cm³/mol. The Morgan fingerprint density at radius 1 is 1.09 bits per heavy atom. The summed E-state index contributed by atoms with van der Waals surface area (Å²) in [4.78, 5) is 18.2. The summed E-state index contributed by atoms with van der Waals surface area (Å²) in [5.74, 6) is 0.814. The molecule has 1 aromatic heterocycles. The van der Waals surface area contributed by atoms with Crippen LogP contribution in [0.3, 0.4) is 0 Å². The van der Waals surface area contributed by atoms with E-state index in [4.69, 9.17) is 4.98 Å². The van der Waals surface area contributed by atoms with Crippen molar-refractivity contribution in [3.05, 3.63) is 106 Å². The second-order valence-corrected chi connectivity index (χ2v) is 7.86. The number of unbranched alkanes of at least 4 members (excludes halogenated alkanes) is 1. The van der Waals surface area contributed by atoms with Crippen LogP contribution in [0, 0.1) is 11.3 Å². The number of nitriles is 1. The zero-order chi connectivity index (χ0) is 22.5. The van der Waals surface area contributed by atoms with Crippen molar-refractivity contribution in [2.24, 2.45) is 0 Å². The molecule has 0 aliphatic heterocycles. The largest absolute Gasteiger partial charge is 0.292 e. The first-order valence-corrected chi connectivity index (χ1v) is 10.9. The van der Waals surface area contributed by atoms with E-state index in [1.54, 1.807) is 10.6 Å². The van der Waals surface area contributed by atoms with Crippen molar-refractivity contribution in [1.82, 2.24) is 9.55 Å². The van der Waals surface area contributed by atoms with Crippen LogP contribution >= 0.6 is 0 Å². The molecule has 0 aliphatic rings. The fourth-order valence-electron chi connectivity index (χ4n) is 3.90. The summed E-state index contributed by atoms with van der Waals surface area (Å²) >= 11 is 0. The Kier molecular flexibility index (Phi) is 6.28. The third-order valence-corrected chi connectivity index (χ3v) is 5.70. The summed E-state index contributed by atoms with van der Waals surface area (Å²) in [6, 6.07) is 23.6. The third kappa shape index (κ3) is 4.24. The van der Waals surface area contributed by atoms with Crippen LogP contribution in [-0.4, -0.2) is 9.55 Å². The molecule has 4 heteroatoms. The Hall–Kier alpha value is -3.97. The Bertz CT molecular complexity index is 1370. The van der Waals surface area contributed by atoms with Gasteiger partial charge in [0.15, 0.2) is 0 Å². The Morgan fingerprint density at radius 3 is 2.59 bits per heavy atom. The number of aryl methyl sites for hydroxylation is 1. The van der Waals surface area contributed by atoms with Gasteiger partial charge in [0.2, 0.25) is 0 Å². The van der Waals surface area contributed by atoms with Gasteiger partial charge in [0.1, 0.15) is 5.82 Å². The molecule has 0 saturated carbocycles. The minimum atomic E-state index is -0.0243. The quantitative estimate of drug-likeness (QED) is 0.371. The Balaban J connectivity index is 1.74. The molecule has 4 nitrogen and oxygen atoms in total. The fraction of sp³-hybridized carbons (Fsp3) is 0.179. The van der Waals surface area contributed by atoms with Crippen LogP contribution in [0.25, 0.3) is 28.1 Å². The molecule has 0 atom stereocenters. The molecule has 0 spiro atoms. The number of fused-ring (bicyclic) bond motifs is 1. The van der Waals surface area contributed by atoms with Crippen molar-refractivity contribution < 1.29 is 0 Å². The Labute approximate surface area is 188 Å². The molecule has 3 aromatic carbocycles. The van der Waals surface area contributed by atoms with E-state index in [-0.39, 0.29) is 5.56 Å². The van der Waals surface area contributed by atoms with E-state index in [0.29, 0.717) is 17.5 Å². The summed E-state index contributed by atoms with van der Waals surface area (Å²) in [7, 11) is 0. The third-order valence-electron chi connectivity index (χ3n) is 5.70. The van der Waals surface area contributed by atoms with E-state index in [2.05, 4.69) is 19.6 Å². The van der Waals surface area contributed by atoms with Crippen LogP contribution in [0.2, 0.25) is 0 Å². The molecule has 4 aromatic rings. The maximum Gasteiger partial charge on any atom is 0.261 e. The average molecular weight is 420 g/mol. The van der Waals surface area contributed by atoms with E-state index in [9.17, 15) is 10.1 Å². The second kappa shape index (κ2) is 9.45. The van der Waals surface area contributed by atoms with Crippen molar-refractivity contribution in [2.75, 3.05) is 0 Å². The molecule has 0 bridgehead atoms. The second-order valence-electron chi connectivity index (χ2n) is 7.86. The average Bonchev–Trinajstić information content (AvgIpc) is 2.85. The summed E-state index contributed by atoms with van der Waals surface area (Å²) in [6.07, 6.45) is 4.52. The predicted octanol–water partition coefficient (Wildman–Crippen LogP) is 5.97. The summed E-state index contributed by atoms with van der Waals surface area (Å²) < 4.78 is 1.79. The van der Waals surface area contributed by atoms with Crippen LogP contribution in [-0.2, 0) is 13.0 Å². The molecule has 0 amide bonds. The first-order chi connectivity index (χ1) is 15.6. The smallest absolute Gasteiger partial charge is 0.261 e. The number of benzene rings is 3. The molecule has 0 unspecified atom stereocenters. The SMILES string of the molecule is C=Cc1ccc2nc(CCCC)n(Cc3ccc(-c4ccccc4C#N)cc3)c(=O)c2c1. The van der Waals surface area contributed by atoms with Crippen molar-refractivity contribution in [2.45, 2.75) is 32.7 Å². The maximum absolute atomic E-state index is 13.4. The van der Waals surface area contributed by atoms with E-state index in [1.165, 1.54) is 0 Å². The van der Waals surface area contributed by atoms with Gasteiger partial charge < -0.3 is 0 Å². The van der Waals surface area contributed by atoms with Crippen molar-refractivity contribution in [1.29, 1.82) is 5.26 Å². The monoisotopic (exact) mass is 419 g/mol. The van der Waals surface area contributed by atoms with Gasteiger partial charge in [-0.15, -0.1) is 0 Å². The van der Waals surface area contributed by atoms with Gasteiger partial charge >= 0.3 is 0 Å². The van der Waals surface area contributed by atoms with Gasteiger partial charge in [0.25, 0.3) is 5.56 Å². The number of nitrogens with zero attached hydrogens (tertiary/aromatic N) is 3. The zero-order valence-electron chi connectivity index (χ0n) is 18.2. The lowest BCUT2D eigenvalue weighted by molar-refractivity contribution is 0.646. The molecule has 0 aliphatic carbocycles. The van der Waals surface area contributed by atoms with Gasteiger partial charge in [0, 0.05) is 6.42 Å². The highest BCUT2D eigenvalue weighted by molar-refractivity contribution is 5.80. The molecule has 158 valence electrons. The number of aromatic nitrogens is 2.